The van der Waals surface area contributed by atoms with Crippen LogP contribution in [0.3, 0.4) is 0 Å². The number of nitrogens with one attached hydrogen (secondary N) is 2. The predicted octanol–water partition coefficient (Wildman–Crippen LogP) is 6.68. The van der Waals surface area contributed by atoms with Crippen LogP contribution in [0.2, 0.25) is 0 Å². The van der Waals surface area contributed by atoms with Gasteiger partial charge in [-0.1, -0.05) is 35.4 Å². The number of carbonyl (C=O) groups is 2. The van der Waals surface area contributed by atoms with Crippen molar-refractivity contribution >= 4 is 65.2 Å². The van der Waals surface area contributed by atoms with Gasteiger partial charge in [0.15, 0.2) is 19.0 Å². The van der Waals surface area contributed by atoms with Gasteiger partial charge in [0.1, 0.15) is 39.1 Å². The number of rotatable bonds is 10. The second-order valence-electron chi connectivity index (χ2n) is 13.5. The molecule has 7 rings (SSSR count). The molecule has 310 valence electrons. The van der Waals surface area contributed by atoms with Gasteiger partial charge in [-0.25, -0.2) is 16.8 Å². The maximum absolute atomic E-state index is 12.8. The van der Waals surface area contributed by atoms with Gasteiger partial charge in [-0.05, 0) is 113 Å². The van der Waals surface area contributed by atoms with Crippen LogP contribution in [0.25, 0.3) is 21.8 Å². The molecule has 7 aromatic rings. The van der Waals surface area contributed by atoms with E-state index in [9.17, 15) is 35.5 Å². The molecule has 0 saturated carbocycles. The third-order valence-electron chi connectivity index (χ3n) is 9.09. The average molecular weight is 849 g/mol. The van der Waals surface area contributed by atoms with Gasteiger partial charge in [-0.15, -0.1) is 0 Å². The maximum Gasteiger partial charge on any atom is 0.262 e. The summed E-state index contributed by atoms with van der Waals surface area (Å²) in [6.07, 6.45) is 4.08. The monoisotopic (exact) mass is 848 g/mol. The number of hydrogen-bond donors (Lipinski definition) is 2. The summed E-state index contributed by atoms with van der Waals surface area (Å²) < 4.78 is 72.3. The van der Waals surface area contributed by atoms with Crippen molar-refractivity contribution in [1.82, 2.24) is 0 Å². The number of aryl methyl sites for hydroxylation is 4. The molecule has 0 aliphatic heterocycles. The third-order valence-corrected chi connectivity index (χ3v) is 10.8. The number of benzene rings is 5. The van der Waals surface area contributed by atoms with E-state index in [1.807, 2.05) is 86.9 Å². The summed E-state index contributed by atoms with van der Waals surface area (Å²) in [5, 5.41) is 7.94. The number of carbonyl (C=O) groups excluding carboxylic acids is 2. The smallest absolute Gasteiger partial charge is 0.262 e. The highest BCUT2D eigenvalue weighted by Crippen LogP contribution is 2.20. The topological polar surface area (TPSA) is 190 Å². The van der Waals surface area contributed by atoms with E-state index in [1.54, 1.807) is 48.5 Å². The highest BCUT2D eigenvalue weighted by molar-refractivity contribution is 7.86. The van der Waals surface area contributed by atoms with Crippen LogP contribution in [0.15, 0.2) is 156 Å². The first kappa shape index (κ1) is 44.6. The molecular weight excluding hydrogens is 805 g/mol. The van der Waals surface area contributed by atoms with Crippen molar-refractivity contribution < 1.29 is 49.4 Å². The predicted molar refractivity (Wildman–Crippen MR) is 226 cm³/mol. The molecule has 0 saturated heterocycles. The Bertz CT molecular complexity index is 2760. The molecule has 0 atom stereocenters. The molecule has 0 bridgehead atoms. The van der Waals surface area contributed by atoms with Crippen molar-refractivity contribution in [1.29, 1.82) is 0 Å². The Morgan fingerprint density at radius 3 is 1.43 bits per heavy atom. The molecular formula is C45H44N4O9S2. The van der Waals surface area contributed by atoms with E-state index in [1.165, 1.54) is 24.3 Å². The minimum atomic E-state index is -4.27. The zero-order valence-corrected chi connectivity index (χ0v) is 35.0. The van der Waals surface area contributed by atoms with Crippen LogP contribution < -0.4 is 24.5 Å². The molecule has 13 nitrogen and oxygen atoms in total. The fraction of sp³-hybridized carbons (Fsp3) is 0.156. The SMILES string of the molecule is CC[n+]1cccc2cc(NC(=O)COc3ccc(C(=O)Nc4ccc5c(ccc[n+]5CC)c4)cc3)ccc21.Cc1ccc(S(=O)(=O)[O-])cc1.Cc1ccc(S(=O)(=O)[O-])cc1. The van der Waals surface area contributed by atoms with Gasteiger partial charge in [-0.3, -0.25) is 9.59 Å². The van der Waals surface area contributed by atoms with E-state index in [-0.39, 0.29) is 28.2 Å². The number of anilines is 2. The lowest BCUT2D eigenvalue weighted by Crippen LogP contribution is -2.32. The standard InChI is InChI=1S/C31H28N4O3.2C7H8O3S/c1-3-34-17-5-7-23-19-25(11-15-28(23)34)32-30(36)21-38-27-13-9-22(10-14-27)31(37)33-26-12-16-29-24(20-26)8-6-18-35(29)4-2;2*1-6-2-4-7(5-3-6)11(8,9)10/h5-20H,3-4,21H2,1-2H3;2*2-5H,1H3,(H,8,9,10). The summed E-state index contributed by atoms with van der Waals surface area (Å²) in [4.78, 5) is 24.9. The number of hydrogen-bond acceptors (Lipinski definition) is 9. The van der Waals surface area contributed by atoms with Crippen LogP contribution in [-0.4, -0.2) is 44.4 Å². The van der Waals surface area contributed by atoms with Crippen LogP contribution in [0, 0.1) is 13.8 Å². The van der Waals surface area contributed by atoms with Crippen molar-refractivity contribution in [3.8, 4) is 5.75 Å². The lowest BCUT2D eigenvalue weighted by Gasteiger charge is -2.09. The summed E-state index contributed by atoms with van der Waals surface area (Å²) in [7, 11) is -8.54. The average Bonchev–Trinajstić information content (AvgIpc) is 3.22. The van der Waals surface area contributed by atoms with Gasteiger partial charge >= 0.3 is 0 Å². The largest absolute Gasteiger partial charge is 0.744 e. The Morgan fingerprint density at radius 2 is 1.02 bits per heavy atom. The van der Waals surface area contributed by atoms with Gasteiger partial charge in [0.2, 0.25) is 11.0 Å². The van der Waals surface area contributed by atoms with Crippen molar-refractivity contribution in [2.24, 2.45) is 0 Å². The second kappa shape index (κ2) is 20.0. The van der Waals surface area contributed by atoms with Crippen LogP contribution in [-0.2, 0) is 38.1 Å². The Balaban J connectivity index is 0.000000252. The summed E-state index contributed by atoms with van der Waals surface area (Å²) in [5.41, 5.74) is 6.02. The first-order valence-corrected chi connectivity index (χ1v) is 21.6. The molecule has 2 aromatic heterocycles. The van der Waals surface area contributed by atoms with Gasteiger partial charge in [-0.2, -0.15) is 9.13 Å². The lowest BCUT2D eigenvalue weighted by molar-refractivity contribution is -0.668. The number of pyridine rings is 2. The zero-order valence-electron chi connectivity index (χ0n) is 33.4. The Hall–Kier alpha value is -6.52. The molecule has 0 fully saturated rings. The fourth-order valence-corrected chi connectivity index (χ4v) is 6.87. The molecule has 0 spiro atoms. The van der Waals surface area contributed by atoms with Crippen molar-refractivity contribution in [3.63, 3.8) is 0 Å². The van der Waals surface area contributed by atoms with Gasteiger partial charge in [0.25, 0.3) is 11.8 Å². The second-order valence-corrected chi connectivity index (χ2v) is 16.2. The van der Waals surface area contributed by atoms with E-state index < -0.39 is 20.2 Å². The van der Waals surface area contributed by atoms with Crippen LogP contribution >= 0.6 is 0 Å². The summed E-state index contributed by atoms with van der Waals surface area (Å²) in [6, 6.07) is 38.1. The van der Waals surface area contributed by atoms with Crippen molar-refractivity contribution in [2.45, 2.75) is 50.6 Å². The number of aromatic nitrogens is 2. The molecule has 0 unspecified atom stereocenters. The first-order valence-electron chi connectivity index (χ1n) is 18.8. The highest BCUT2D eigenvalue weighted by Gasteiger charge is 2.12. The fourth-order valence-electron chi connectivity index (χ4n) is 5.93. The van der Waals surface area contributed by atoms with Gasteiger partial charge in [0.05, 0.1) is 9.79 Å². The first-order chi connectivity index (χ1) is 28.5. The Morgan fingerprint density at radius 1 is 0.583 bits per heavy atom. The van der Waals surface area contributed by atoms with Crippen LogP contribution in [0.1, 0.15) is 35.3 Å². The molecule has 0 radical (unpaired) electrons. The number of fused-ring (bicyclic) bond motifs is 2. The molecule has 2 amide bonds. The molecule has 60 heavy (non-hydrogen) atoms. The summed E-state index contributed by atoms with van der Waals surface area (Å²) in [5.74, 6) is 0.0360. The van der Waals surface area contributed by atoms with E-state index in [0.717, 1.165) is 51.7 Å². The van der Waals surface area contributed by atoms with E-state index >= 15 is 0 Å². The molecule has 2 heterocycles. The van der Waals surface area contributed by atoms with Gasteiger partial charge in [0, 0.05) is 52.0 Å². The van der Waals surface area contributed by atoms with Crippen LogP contribution in [0.5, 0.6) is 5.75 Å². The van der Waals surface area contributed by atoms with E-state index in [0.29, 0.717) is 17.0 Å². The van der Waals surface area contributed by atoms with Gasteiger partial charge < -0.3 is 24.5 Å². The van der Waals surface area contributed by atoms with Crippen LogP contribution in [0.4, 0.5) is 11.4 Å². The number of nitrogens with zero attached hydrogens (tertiary/aromatic N) is 2. The summed E-state index contributed by atoms with van der Waals surface area (Å²) >= 11 is 0. The molecule has 2 N–H and O–H groups in total. The van der Waals surface area contributed by atoms with Crippen molar-refractivity contribution in [2.75, 3.05) is 17.2 Å². The van der Waals surface area contributed by atoms with E-state index in [4.69, 9.17) is 4.74 Å². The van der Waals surface area contributed by atoms with Crippen molar-refractivity contribution in [3.05, 3.63) is 163 Å². The maximum atomic E-state index is 12.8. The summed E-state index contributed by atoms with van der Waals surface area (Å²) in [6.45, 7) is 9.45. The minimum Gasteiger partial charge on any atom is -0.744 e. The number of ether oxygens (including phenoxy) is 1. The lowest BCUT2D eigenvalue weighted by atomic mass is 10.1. The zero-order chi connectivity index (χ0) is 43.5. The highest BCUT2D eigenvalue weighted by atomic mass is 32.2. The Kier molecular flexibility index (Phi) is 14.8. The normalized spacial score (nSPS) is 11.1. The molecule has 0 aliphatic carbocycles. The molecule has 0 aliphatic rings. The third kappa shape index (κ3) is 12.5. The quantitative estimate of drug-likeness (QED) is 0.112. The molecule has 5 aromatic carbocycles. The number of amides is 2. The van der Waals surface area contributed by atoms with E-state index in [2.05, 4.69) is 33.6 Å². The molecule has 15 heteroatoms. The minimum absolute atomic E-state index is 0.137. The Labute approximate surface area is 349 Å².